The topological polar surface area (TPSA) is 81.9 Å². The van der Waals surface area contributed by atoms with Crippen molar-refractivity contribution in [1.29, 1.82) is 0 Å². The first-order valence-electron chi connectivity index (χ1n) is 8.43. The Bertz CT molecular complexity index is 932. The zero-order valence-corrected chi connectivity index (χ0v) is 14.2. The SMILES string of the molecule is CCONC(=O)c1cc(C2CC2)nc2c1c(C)nn2-c1ccccn1. The van der Waals surface area contributed by atoms with Crippen molar-refractivity contribution in [3.63, 3.8) is 0 Å². The van der Waals surface area contributed by atoms with Gasteiger partial charge < -0.3 is 0 Å². The summed E-state index contributed by atoms with van der Waals surface area (Å²) >= 11 is 0. The minimum atomic E-state index is -0.278. The predicted octanol–water partition coefficient (Wildman–Crippen LogP) is 2.68. The molecule has 7 heteroatoms. The molecule has 0 bridgehead atoms. The van der Waals surface area contributed by atoms with Crippen LogP contribution in [0.15, 0.2) is 30.5 Å². The van der Waals surface area contributed by atoms with Gasteiger partial charge in [0.1, 0.15) is 0 Å². The number of hydrogen-bond acceptors (Lipinski definition) is 5. The van der Waals surface area contributed by atoms with Gasteiger partial charge in [0.05, 0.1) is 23.3 Å². The van der Waals surface area contributed by atoms with Crippen LogP contribution in [-0.4, -0.2) is 32.3 Å². The molecule has 0 saturated heterocycles. The van der Waals surface area contributed by atoms with Crippen LogP contribution in [0.25, 0.3) is 16.9 Å². The highest BCUT2D eigenvalue weighted by atomic mass is 16.6. The molecule has 4 rings (SSSR count). The van der Waals surface area contributed by atoms with Crippen molar-refractivity contribution in [3.05, 3.63) is 47.4 Å². The molecule has 0 unspecified atom stereocenters. The second kappa shape index (κ2) is 6.25. The van der Waals surface area contributed by atoms with Gasteiger partial charge in [-0.15, -0.1) is 0 Å². The van der Waals surface area contributed by atoms with Crippen LogP contribution in [0.4, 0.5) is 0 Å². The van der Waals surface area contributed by atoms with Gasteiger partial charge in [-0.3, -0.25) is 9.63 Å². The fraction of sp³-hybridized carbons (Fsp3) is 0.333. The van der Waals surface area contributed by atoms with E-state index in [9.17, 15) is 4.79 Å². The summed E-state index contributed by atoms with van der Waals surface area (Å²) in [6.45, 7) is 4.10. The summed E-state index contributed by atoms with van der Waals surface area (Å²) in [6.07, 6.45) is 3.91. The minimum absolute atomic E-state index is 0.278. The van der Waals surface area contributed by atoms with Gasteiger partial charge in [-0.25, -0.2) is 15.4 Å². The molecule has 3 aromatic rings. The maximum absolute atomic E-state index is 12.6. The van der Waals surface area contributed by atoms with Gasteiger partial charge in [0.25, 0.3) is 5.91 Å². The summed E-state index contributed by atoms with van der Waals surface area (Å²) in [5, 5.41) is 5.30. The second-order valence-electron chi connectivity index (χ2n) is 6.12. The fourth-order valence-corrected chi connectivity index (χ4v) is 2.91. The molecule has 25 heavy (non-hydrogen) atoms. The monoisotopic (exact) mass is 337 g/mol. The third-order valence-electron chi connectivity index (χ3n) is 4.25. The lowest BCUT2D eigenvalue weighted by Gasteiger charge is -2.08. The van der Waals surface area contributed by atoms with Gasteiger partial charge in [-0.1, -0.05) is 6.07 Å². The average molecular weight is 337 g/mol. The number of aryl methyl sites for hydroxylation is 1. The lowest BCUT2D eigenvalue weighted by molar-refractivity contribution is 0.0366. The molecule has 3 heterocycles. The maximum Gasteiger partial charge on any atom is 0.275 e. The maximum atomic E-state index is 12.6. The van der Waals surface area contributed by atoms with Crippen LogP contribution in [0.3, 0.4) is 0 Å². The van der Waals surface area contributed by atoms with Crippen LogP contribution in [0.1, 0.15) is 47.4 Å². The highest BCUT2D eigenvalue weighted by Gasteiger charge is 2.29. The van der Waals surface area contributed by atoms with Crippen LogP contribution >= 0.6 is 0 Å². The van der Waals surface area contributed by atoms with E-state index in [2.05, 4.69) is 15.6 Å². The number of hydroxylamine groups is 1. The van der Waals surface area contributed by atoms with E-state index in [-0.39, 0.29) is 5.91 Å². The molecule has 1 amide bonds. The number of hydrogen-bond donors (Lipinski definition) is 1. The Morgan fingerprint density at radius 1 is 1.40 bits per heavy atom. The summed E-state index contributed by atoms with van der Waals surface area (Å²) in [4.78, 5) is 26.8. The molecule has 3 aromatic heterocycles. The summed E-state index contributed by atoms with van der Waals surface area (Å²) in [5.41, 5.74) is 5.34. The van der Waals surface area contributed by atoms with Crippen LogP contribution in [0.2, 0.25) is 0 Å². The molecule has 1 aliphatic rings. The van der Waals surface area contributed by atoms with Crippen LogP contribution in [-0.2, 0) is 4.84 Å². The van der Waals surface area contributed by atoms with Crippen molar-refractivity contribution in [2.75, 3.05) is 6.61 Å². The predicted molar refractivity (Wildman–Crippen MR) is 92.5 cm³/mol. The molecule has 1 fully saturated rings. The smallest absolute Gasteiger partial charge is 0.274 e. The Morgan fingerprint density at radius 3 is 2.92 bits per heavy atom. The summed E-state index contributed by atoms with van der Waals surface area (Å²) in [6, 6.07) is 7.49. The lowest BCUT2D eigenvalue weighted by Crippen LogP contribution is -2.24. The first kappa shape index (κ1) is 15.7. The van der Waals surface area contributed by atoms with E-state index in [4.69, 9.17) is 9.82 Å². The molecule has 1 aliphatic carbocycles. The third kappa shape index (κ3) is 2.87. The molecule has 7 nitrogen and oxygen atoms in total. The summed E-state index contributed by atoms with van der Waals surface area (Å²) in [5.74, 6) is 0.812. The number of carbonyl (C=O) groups excluding carboxylic acids is 1. The molecule has 128 valence electrons. The molecule has 0 aromatic carbocycles. The number of aromatic nitrogens is 4. The summed E-state index contributed by atoms with van der Waals surface area (Å²) in [7, 11) is 0. The van der Waals surface area contributed by atoms with E-state index in [1.807, 2.05) is 38.1 Å². The van der Waals surface area contributed by atoms with E-state index in [1.165, 1.54) is 0 Å². The van der Waals surface area contributed by atoms with E-state index in [0.717, 1.165) is 29.6 Å². The minimum Gasteiger partial charge on any atom is -0.274 e. The number of rotatable bonds is 5. The molecular weight excluding hydrogens is 318 g/mol. The van der Waals surface area contributed by atoms with Crippen molar-refractivity contribution in [1.82, 2.24) is 25.2 Å². The van der Waals surface area contributed by atoms with Gasteiger partial charge in [0, 0.05) is 17.8 Å². The first-order chi connectivity index (χ1) is 12.2. The zero-order chi connectivity index (χ0) is 17.4. The Balaban J connectivity index is 1.92. The van der Waals surface area contributed by atoms with Crippen molar-refractivity contribution >= 4 is 16.9 Å². The number of nitrogens with zero attached hydrogens (tertiary/aromatic N) is 4. The fourth-order valence-electron chi connectivity index (χ4n) is 2.91. The van der Waals surface area contributed by atoms with Crippen LogP contribution < -0.4 is 5.48 Å². The molecular formula is C18H19N5O2. The third-order valence-corrected chi connectivity index (χ3v) is 4.25. The second-order valence-corrected chi connectivity index (χ2v) is 6.12. The average Bonchev–Trinajstić information content (AvgIpc) is 3.44. The Hall–Kier alpha value is -2.80. The van der Waals surface area contributed by atoms with Gasteiger partial charge in [-0.05, 0) is 44.9 Å². The van der Waals surface area contributed by atoms with Crippen LogP contribution in [0, 0.1) is 6.92 Å². The van der Waals surface area contributed by atoms with Gasteiger partial charge >= 0.3 is 0 Å². The molecule has 0 atom stereocenters. The Labute approximate surface area is 145 Å². The molecule has 1 saturated carbocycles. The van der Waals surface area contributed by atoms with Gasteiger partial charge in [0.15, 0.2) is 11.5 Å². The lowest BCUT2D eigenvalue weighted by atomic mass is 10.1. The normalized spacial score (nSPS) is 14.0. The molecule has 0 radical (unpaired) electrons. The number of carbonyl (C=O) groups is 1. The van der Waals surface area contributed by atoms with E-state index in [1.54, 1.807) is 10.9 Å². The highest BCUT2D eigenvalue weighted by Crippen LogP contribution is 2.40. The van der Waals surface area contributed by atoms with E-state index < -0.39 is 0 Å². The van der Waals surface area contributed by atoms with Gasteiger partial charge in [-0.2, -0.15) is 9.78 Å². The number of amides is 1. The van der Waals surface area contributed by atoms with Crippen molar-refractivity contribution < 1.29 is 9.63 Å². The van der Waals surface area contributed by atoms with E-state index in [0.29, 0.717) is 29.6 Å². The largest absolute Gasteiger partial charge is 0.275 e. The Morgan fingerprint density at radius 2 is 2.24 bits per heavy atom. The van der Waals surface area contributed by atoms with E-state index >= 15 is 0 Å². The van der Waals surface area contributed by atoms with Crippen molar-refractivity contribution in [2.45, 2.75) is 32.6 Å². The number of pyridine rings is 2. The molecule has 1 N–H and O–H groups in total. The standard InChI is InChI=1S/C18H19N5O2/c1-3-25-22-18(24)13-10-14(12-7-8-12)20-17-16(13)11(2)21-23(17)15-6-4-5-9-19-15/h4-6,9-10,12H,3,7-8H2,1-2H3,(H,22,24). The molecule has 0 aliphatic heterocycles. The highest BCUT2D eigenvalue weighted by molar-refractivity contribution is 6.06. The molecule has 0 spiro atoms. The van der Waals surface area contributed by atoms with Gasteiger partial charge in [0.2, 0.25) is 0 Å². The number of fused-ring (bicyclic) bond motifs is 1. The zero-order valence-electron chi connectivity index (χ0n) is 14.2. The quantitative estimate of drug-likeness (QED) is 0.724. The summed E-state index contributed by atoms with van der Waals surface area (Å²) < 4.78 is 1.70. The Kier molecular flexibility index (Phi) is 3.93. The number of nitrogens with one attached hydrogen (secondary N) is 1. The van der Waals surface area contributed by atoms with Crippen molar-refractivity contribution in [3.8, 4) is 5.82 Å². The van der Waals surface area contributed by atoms with Crippen LogP contribution in [0.5, 0.6) is 0 Å². The van der Waals surface area contributed by atoms with Crippen molar-refractivity contribution in [2.24, 2.45) is 0 Å². The first-order valence-corrected chi connectivity index (χ1v) is 8.43.